The maximum atomic E-state index is 6.14. The van der Waals surface area contributed by atoms with Gasteiger partial charge in [-0.2, -0.15) is 0 Å². The van der Waals surface area contributed by atoms with Gasteiger partial charge < -0.3 is 5.32 Å². The number of halogens is 2. The van der Waals surface area contributed by atoms with Crippen LogP contribution in [0.1, 0.15) is 12.8 Å². The molecule has 1 aromatic carbocycles. The lowest BCUT2D eigenvalue weighted by molar-refractivity contribution is 0.243. The molecule has 0 atom stereocenters. The summed E-state index contributed by atoms with van der Waals surface area (Å²) in [6, 6.07) is 5.93. The molecule has 2 nitrogen and oxygen atoms in total. The number of benzene rings is 1. The third-order valence-electron chi connectivity index (χ3n) is 3.19. The van der Waals surface area contributed by atoms with Crippen LogP contribution in [0.5, 0.6) is 0 Å². The van der Waals surface area contributed by atoms with Crippen LogP contribution in [-0.4, -0.2) is 30.6 Å². The first kappa shape index (κ1) is 13.5. The number of anilines is 1. The van der Waals surface area contributed by atoms with Gasteiger partial charge in [-0.15, -0.1) is 6.42 Å². The van der Waals surface area contributed by atoms with Gasteiger partial charge in [-0.3, -0.25) is 4.90 Å². The first-order chi connectivity index (χ1) is 8.69. The smallest absolute Gasteiger partial charge is 0.0638 e. The minimum absolute atomic E-state index is 0.440. The van der Waals surface area contributed by atoms with Crippen LogP contribution in [-0.2, 0) is 0 Å². The highest BCUT2D eigenvalue weighted by Gasteiger charge is 2.18. The van der Waals surface area contributed by atoms with Crippen LogP contribution in [0.15, 0.2) is 18.2 Å². The molecule has 18 heavy (non-hydrogen) atoms. The Morgan fingerprint density at radius 1 is 1.33 bits per heavy atom. The zero-order valence-electron chi connectivity index (χ0n) is 10.1. The number of likely N-dealkylation sites (tertiary alicyclic amines) is 1. The molecule has 4 heteroatoms. The first-order valence-electron chi connectivity index (χ1n) is 6.06. The Kier molecular flexibility index (Phi) is 4.77. The summed E-state index contributed by atoms with van der Waals surface area (Å²) >= 11 is 12.1. The van der Waals surface area contributed by atoms with Crippen LogP contribution < -0.4 is 5.32 Å². The molecule has 1 fully saturated rings. The number of nitrogens with zero attached hydrogens (tertiary/aromatic N) is 1. The predicted molar refractivity (Wildman–Crippen MR) is 78.4 cm³/mol. The summed E-state index contributed by atoms with van der Waals surface area (Å²) < 4.78 is 0. The maximum Gasteiger partial charge on any atom is 0.0638 e. The fourth-order valence-corrected chi connectivity index (χ4v) is 2.54. The van der Waals surface area contributed by atoms with Gasteiger partial charge in [-0.25, -0.2) is 0 Å². The second-order valence-corrected chi connectivity index (χ2v) is 5.37. The molecule has 0 bridgehead atoms. The number of rotatable bonds is 3. The van der Waals surface area contributed by atoms with E-state index in [1.165, 1.54) is 0 Å². The maximum absolute atomic E-state index is 6.14. The zero-order valence-corrected chi connectivity index (χ0v) is 11.6. The number of piperidine rings is 1. The predicted octanol–water partition coefficient (Wildman–Crippen LogP) is 3.50. The summed E-state index contributed by atoms with van der Waals surface area (Å²) in [7, 11) is 0. The Hall–Kier alpha value is -0.880. The molecule has 0 unspecified atom stereocenters. The highest BCUT2D eigenvalue weighted by molar-refractivity contribution is 6.35. The molecule has 1 saturated heterocycles. The van der Waals surface area contributed by atoms with E-state index in [4.69, 9.17) is 29.6 Å². The Morgan fingerprint density at radius 3 is 2.72 bits per heavy atom. The SMILES string of the molecule is C#CCN1CCC(Nc2cc(Cl)ccc2Cl)CC1. The lowest BCUT2D eigenvalue weighted by Crippen LogP contribution is -2.39. The Balaban J connectivity index is 1.92. The van der Waals surface area contributed by atoms with E-state index in [0.717, 1.165) is 38.2 Å². The molecule has 0 aromatic heterocycles. The molecule has 1 heterocycles. The zero-order chi connectivity index (χ0) is 13.0. The van der Waals surface area contributed by atoms with Gasteiger partial charge in [0, 0.05) is 24.2 Å². The summed E-state index contributed by atoms with van der Waals surface area (Å²) in [5.74, 6) is 2.69. The molecule has 0 spiro atoms. The van der Waals surface area contributed by atoms with Crippen molar-refractivity contribution in [3.05, 3.63) is 28.2 Å². The molecule has 1 N–H and O–H groups in total. The highest BCUT2D eigenvalue weighted by Crippen LogP contribution is 2.27. The van der Waals surface area contributed by atoms with E-state index in [2.05, 4.69) is 16.1 Å². The molecule has 1 aromatic rings. The molecule has 2 rings (SSSR count). The van der Waals surface area contributed by atoms with E-state index in [1.54, 1.807) is 6.07 Å². The van der Waals surface area contributed by atoms with Crippen molar-refractivity contribution in [2.45, 2.75) is 18.9 Å². The average molecular weight is 283 g/mol. The van der Waals surface area contributed by atoms with Crippen molar-refractivity contribution in [1.29, 1.82) is 0 Å². The molecular weight excluding hydrogens is 267 g/mol. The van der Waals surface area contributed by atoms with Crippen molar-refractivity contribution in [3.63, 3.8) is 0 Å². The lowest BCUT2D eigenvalue weighted by atomic mass is 10.0. The Morgan fingerprint density at radius 2 is 2.06 bits per heavy atom. The largest absolute Gasteiger partial charge is 0.381 e. The van der Waals surface area contributed by atoms with Crippen molar-refractivity contribution in [3.8, 4) is 12.3 Å². The van der Waals surface area contributed by atoms with Gasteiger partial charge in [-0.05, 0) is 31.0 Å². The van der Waals surface area contributed by atoms with Gasteiger partial charge in [0.15, 0.2) is 0 Å². The molecule has 0 aliphatic carbocycles. The number of hydrogen-bond donors (Lipinski definition) is 1. The molecule has 0 radical (unpaired) electrons. The van der Waals surface area contributed by atoms with E-state index in [1.807, 2.05) is 12.1 Å². The summed E-state index contributed by atoms with van der Waals surface area (Å²) in [4.78, 5) is 2.29. The van der Waals surface area contributed by atoms with E-state index < -0.39 is 0 Å². The van der Waals surface area contributed by atoms with Gasteiger partial charge in [0.1, 0.15) is 0 Å². The molecule has 96 valence electrons. The van der Waals surface area contributed by atoms with Crippen molar-refractivity contribution >= 4 is 28.9 Å². The summed E-state index contributed by atoms with van der Waals surface area (Å²) in [6.07, 6.45) is 7.46. The minimum Gasteiger partial charge on any atom is -0.381 e. The van der Waals surface area contributed by atoms with Gasteiger partial charge >= 0.3 is 0 Å². The number of nitrogens with one attached hydrogen (secondary N) is 1. The van der Waals surface area contributed by atoms with Crippen LogP contribution in [0, 0.1) is 12.3 Å². The van der Waals surface area contributed by atoms with Crippen molar-refractivity contribution in [2.75, 3.05) is 25.0 Å². The summed E-state index contributed by atoms with van der Waals surface area (Å²) in [6.45, 7) is 2.80. The topological polar surface area (TPSA) is 15.3 Å². The van der Waals surface area contributed by atoms with Crippen LogP contribution in [0.4, 0.5) is 5.69 Å². The molecule has 1 aliphatic rings. The normalized spacial score (nSPS) is 17.4. The number of hydrogen-bond acceptors (Lipinski definition) is 2. The van der Waals surface area contributed by atoms with Crippen LogP contribution in [0.3, 0.4) is 0 Å². The Bertz CT molecular complexity index is 446. The van der Waals surface area contributed by atoms with Crippen molar-refractivity contribution in [1.82, 2.24) is 4.90 Å². The minimum atomic E-state index is 0.440. The van der Waals surface area contributed by atoms with Gasteiger partial charge in [-0.1, -0.05) is 29.1 Å². The van der Waals surface area contributed by atoms with E-state index in [9.17, 15) is 0 Å². The molecule has 1 aliphatic heterocycles. The van der Waals surface area contributed by atoms with Gasteiger partial charge in [0.05, 0.1) is 17.3 Å². The molecular formula is C14H16Cl2N2. The van der Waals surface area contributed by atoms with Crippen LogP contribution >= 0.6 is 23.2 Å². The summed E-state index contributed by atoms with van der Waals surface area (Å²) in [5, 5.41) is 4.87. The van der Waals surface area contributed by atoms with E-state index in [-0.39, 0.29) is 0 Å². The fraction of sp³-hybridized carbons (Fsp3) is 0.429. The van der Waals surface area contributed by atoms with Gasteiger partial charge in [0.25, 0.3) is 0 Å². The lowest BCUT2D eigenvalue weighted by Gasteiger charge is -2.31. The standard InChI is InChI=1S/C14H16Cl2N2/c1-2-7-18-8-5-12(6-9-18)17-14-10-11(15)3-4-13(14)16/h1,3-4,10,12,17H,5-9H2. The van der Waals surface area contributed by atoms with Gasteiger partial charge in [0.2, 0.25) is 0 Å². The monoisotopic (exact) mass is 282 g/mol. The first-order valence-corrected chi connectivity index (χ1v) is 6.82. The quantitative estimate of drug-likeness (QED) is 0.854. The highest BCUT2D eigenvalue weighted by atomic mass is 35.5. The fourth-order valence-electron chi connectivity index (χ4n) is 2.19. The molecule has 0 saturated carbocycles. The number of terminal acetylenes is 1. The third kappa shape index (κ3) is 3.55. The van der Waals surface area contributed by atoms with Crippen molar-refractivity contribution in [2.24, 2.45) is 0 Å². The molecule has 0 amide bonds. The van der Waals surface area contributed by atoms with Crippen molar-refractivity contribution < 1.29 is 0 Å². The average Bonchev–Trinajstić information content (AvgIpc) is 2.37. The van der Waals surface area contributed by atoms with Crippen LogP contribution in [0.2, 0.25) is 10.0 Å². The summed E-state index contributed by atoms with van der Waals surface area (Å²) in [5.41, 5.74) is 0.916. The van der Waals surface area contributed by atoms with E-state index >= 15 is 0 Å². The third-order valence-corrected chi connectivity index (χ3v) is 3.76. The second-order valence-electron chi connectivity index (χ2n) is 4.52. The Labute approximate surface area is 118 Å². The second kappa shape index (κ2) is 6.33. The van der Waals surface area contributed by atoms with E-state index in [0.29, 0.717) is 16.1 Å². The van der Waals surface area contributed by atoms with Crippen LogP contribution in [0.25, 0.3) is 0 Å².